The minimum atomic E-state index is -5.87. The SMILES string of the molecule is COC(=O)Cc1cc(Cl)c(OS(=O)(=O)C(F)(F)F)cc1Cl. The van der Waals surface area contributed by atoms with Crippen LogP contribution in [0.2, 0.25) is 10.0 Å². The van der Waals surface area contributed by atoms with Crippen molar-refractivity contribution in [2.75, 3.05) is 7.11 Å². The summed E-state index contributed by atoms with van der Waals surface area (Å²) in [5.41, 5.74) is -5.46. The number of rotatable bonds is 4. The van der Waals surface area contributed by atoms with Gasteiger partial charge in [0.05, 0.1) is 18.6 Å². The van der Waals surface area contributed by atoms with Gasteiger partial charge in [0, 0.05) is 11.1 Å². The molecule has 1 aromatic carbocycles. The molecule has 0 radical (unpaired) electrons. The summed E-state index contributed by atoms with van der Waals surface area (Å²) in [5, 5.41) is -0.650. The minimum absolute atomic E-state index is 0.144. The highest BCUT2D eigenvalue weighted by atomic mass is 35.5. The van der Waals surface area contributed by atoms with Crippen LogP contribution < -0.4 is 4.18 Å². The van der Waals surface area contributed by atoms with E-state index in [1.807, 2.05) is 0 Å². The lowest BCUT2D eigenvalue weighted by Crippen LogP contribution is -2.28. The molecule has 0 aliphatic heterocycles. The Kier molecular flexibility index (Phi) is 5.35. The van der Waals surface area contributed by atoms with Crippen molar-refractivity contribution < 1.29 is 35.3 Å². The third kappa shape index (κ3) is 4.39. The second-order valence-corrected chi connectivity index (χ2v) is 5.96. The minimum Gasteiger partial charge on any atom is -0.469 e. The maximum Gasteiger partial charge on any atom is 0.534 e. The maximum atomic E-state index is 12.2. The van der Waals surface area contributed by atoms with Crippen LogP contribution in [0.25, 0.3) is 0 Å². The zero-order valence-electron chi connectivity index (χ0n) is 10.2. The molecule has 0 amide bonds. The van der Waals surface area contributed by atoms with Gasteiger partial charge < -0.3 is 8.92 Å². The molecule has 0 heterocycles. The van der Waals surface area contributed by atoms with Crippen molar-refractivity contribution in [2.45, 2.75) is 11.9 Å². The number of benzene rings is 1. The van der Waals surface area contributed by atoms with E-state index in [0.29, 0.717) is 0 Å². The highest BCUT2D eigenvalue weighted by Crippen LogP contribution is 2.35. The van der Waals surface area contributed by atoms with Crippen LogP contribution in [0.1, 0.15) is 5.56 Å². The predicted molar refractivity (Wildman–Crippen MR) is 67.8 cm³/mol. The van der Waals surface area contributed by atoms with Gasteiger partial charge in [-0.3, -0.25) is 4.79 Å². The highest BCUT2D eigenvalue weighted by Gasteiger charge is 2.48. The highest BCUT2D eigenvalue weighted by molar-refractivity contribution is 7.88. The van der Waals surface area contributed by atoms with Crippen LogP contribution >= 0.6 is 23.2 Å². The molecule has 0 fully saturated rings. The third-order valence-corrected chi connectivity index (χ3v) is 3.76. The number of carbonyl (C=O) groups is 1. The van der Waals surface area contributed by atoms with E-state index in [-0.39, 0.29) is 17.0 Å². The molecule has 0 saturated heterocycles. The number of ether oxygens (including phenoxy) is 1. The molecule has 0 aliphatic rings. The fraction of sp³-hybridized carbons (Fsp3) is 0.300. The Labute approximate surface area is 127 Å². The van der Waals surface area contributed by atoms with Crippen LogP contribution in [0, 0.1) is 0 Å². The van der Waals surface area contributed by atoms with Gasteiger partial charge in [-0.1, -0.05) is 23.2 Å². The van der Waals surface area contributed by atoms with E-state index in [0.717, 1.165) is 19.2 Å². The van der Waals surface area contributed by atoms with Gasteiger partial charge >= 0.3 is 21.6 Å². The molecule has 0 aliphatic carbocycles. The van der Waals surface area contributed by atoms with E-state index in [1.54, 1.807) is 0 Å². The van der Waals surface area contributed by atoms with Gasteiger partial charge in [-0.25, -0.2) is 0 Å². The Hall–Kier alpha value is -1.19. The first-order valence-electron chi connectivity index (χ1n) is 5.03. The standard InChI is InChI=1S/C10H7Cl2F3O5S/c1-19-9(16)3-5-2-7(12)8(4-6(5)11)20-21(17,18)10(13,14)15/h2,4H,3H2,1H3. The maximum absolute atomic E-state index is 12.2. The molecule has 0 spiro atoms. The van der Waals surface area contributed by atoms with Gasteiger partial charge in [-0.2, -0.15) is 21.6 Å². The van der Waals surface area contributed by atoms with Crippen molar-refractivity contribution in [3.05, 3.63) is 27.7 Å². The molecule has 11 heteroatoms. The van der Waals surface area contributed by atoms with Gasteiger partial charge in [0.25, 0.3) is 0 Å². The van der Waals surface area contributed by atoms with Gasteiger partial charge in [-0.05, 0) is 11.6 Å². The average Bonchev–Trinajstić information content (AvgIpc) is 2.33. The summed E-state index contributed by atoms with van der Waals surface area (Å²) in [5.74, 6) is -1.46. The molecule has 0 atom stereocenters. The monoisotopic (exact) mass is 366 g/mol. The Morgan fingerprint density at radius 2 is 1.81 bits per heavy atom. The Balaban J connectivity index is 3.13. The quantitative estimate of drug-likeness (QED) is 0.465. The predicted octanol–water partition coefficient (Wildman–Crippen LogP) is 2.94. The van der Waals surface area contributed by atoms with Crippen LogP contribution in [0.3, 0.4) is 0 Å². The first kappa shape index (κ1) is 17.9. The lowest BCUT2D eigenvalue weighted by atomic mass is 10.1. The first-order chi connectivity index (χ1) is 9.48. The summed E-state index contributed by atoms with van der Waals surface area (Å²) in [6.07, 6.45) is -0.290. The van der Waals surface area contributed by atoms with E-state index in [1.165, 1.54) is 0 Å². The van der Waals surface area contributed by atoms with Gasteiger partial charge in [0.1, 0.15) is 0 Å². The second kappa shape index (κ2) is 6.29. The van der Waals surface area contributed by atoms with Crippen LogP contribution in [-0.4, -0.2) is 27.0 Å². The Morgan fingerprint density at radius 1 is 1.24 bits per heavy atom. The van der Waals surface area contributed by atoms with Crippen LogP contribution in [0.4, 0.5) is 13.2 Å². The summed E-state index contributed by atoms with van der Waals surface area (Å²) < 4.78 is 66.6. The molecule has 1 rings (SSSR count). The molecule has 21 heavy (non-hydrogen) atoms. The van der Waals surface area contributed by atoms with Crippen molar-refractivity contribution in [3.8, 4) is 5.75 Å². The smallest absolute Gasteiger partial charge is 0.469 e. The number of hydrogen-bond acceptors (Lipinski definition) is 5. The molecule has 0 aromatic heterocycles. The van der Waals surface area contributed by atoms with E-state index in [2.05, 4.69) is 8.92 Å². The lowest BCUT2D eigenvalue weighted by Gasteiger charge is -2.12. The summed E-state index contributed by atoms with van der Waals surface area (Å²) in [7, 11) is -4.74. The number of esters is 1. The van der Waals surface area contributed by atoms with E-state index in [9.17, 15) is 26.4 Å². The van der Waals surface area contributed by atoms with E-state index >= 15 is 0 Å². The molecule has 0 bridgehead atoms. The van der Waals surface area contributed by atoms with Gasteiger partial charge in [-0.15, -0.1) is 0 Å². The summed E-state index contributed by atoms with van der Waals surface area (Å²) in [6, 6.07) is 1.79. The number of alkyl halides is 3. The summed E-state index contributed by atoms with van der Waals surface area (Å²) >= 11 is 11.3. The fourth-order valence-corrected chi connectivity index (χ4v) is 2.12. The number of carbonyl (C=O) groups excluding carboxylic acids is 1. The van der Waals surface area contributed by atoms with Crippen LogP contribution in [0.15, 0.2) is 12.1 Å². The summed E-state index contributed by atoms with van der Waals surface area (Å²) in [6.45, 7) is 0. The topological polar surface area (TPSA) is 69.7 Å². The lowest BCUT2D eigenvalue weighted by molar-refractivity contribution is -0.139. The van der Waals surface area contributed by atoms with Gasteiger partial charge in [0.15, 0.2) is 5.75 Å². The number of halogens is 5. The van der Waals surface area contributed by atoms with Crippen molar-refractivity contribution in [2.24, 2.45) is 0 Å². The van der Waals surface area contributed by atoms with Crippen molar-refractivity contribution in [3.63, 3.8) is 0 Å². The fourth-order valence-electron chi connectivity index (χ4n) is 1.16. The molecular formula is C10H7Cl2F3O5S. The molecule has 0 unspecified atom stereocenters. The zero-order chi connectivity index (χ0) is 16.4. The number of methoxy groups -OCH3 is 1. The third-order valence-electron chi connectivity index (χ3n) is 2.15. The van der Waals surface area contributed by atoms with E-state index in [4.69, 9.17) is 23.2 Å². The molecule has 5 nitrogen and oxygen atoms in total. The Morgan fingerprint density at radius 3 is 2.29 bits per heavy atom. The second-order valence-electron chi connectivity index (χ2n) is 3.61. The van der Waals surface area contributed by atoms with Gasteiger partial charge in [0.2, 0.25) is 0 Å². The first-order valence-corrected chi connectivity index (χ1v) is 7.20. The number of hydrogen-bond donors (Lipinski definition) is 0. The molecular weight excluding hydrogens is 360 g/mol. The molecule has 0 N–H and O–H groups in total. The van der Waals surface area contributed by atoms with E-state index < -0.39 is 32.4 Å². The van der Waals surface area contributed by atoms with Crippen LogP contribution in [0.5, 0.6) is 5.75 Å². The zero-order valence-corrected chi connectivity index (χ0v) is 12.5. The average molecular weight is 367 g/mol. The largest absolute Gasteiger partial charge is 0.534 e. The van der Waals surface area contributed by atoms with Crippen molar-refractivity contribution >= 4 is 39.3 Å². The van der Waals surface area contributed by atoms with Crippen molar-refractivity contribution in [1.29, 1.82) is 0 Å². The summed E-state index contributed by atoms with van der Waals surface area (Å²) in [4.78, 5) is 11.1. The Bertz CT molecular complexity index is 657. The molecule has 118 valence electrons. The molecule has 0 saturated carbocycles. The normalized spacial score (nSPS) is 12.1. The van der Waals surface area contributed by atoms with Crippen LogP contribution in [-0.2, 0) is 26.1 Å². The van der Waals surface area contributed by atoms with Crippen molar-refractivity contribution in [1.82, 2.24) is 0 Å². The molecule has 1 aromatic rings.